The maximum atomic E-state index is 12.5. The first-order chi connectivity index (χ1) is 13.3. The molecule has 0 aliphatic rings. The molecule has 0 bridgehead atoms. The number of nitrogens with zero attached hydrogens (tertiary/aromatic N) is 3. The molecule has 10 heteroatoms. The molecule has 2 heterocycles. The second-order valence-corrected chi connectivity index (χ2v) is 6.38. The van der Waals surface area contributed by atoms with Gasteiger partial charge in [0.15, 0.2) is 0 Å². The molecule has 0 aromatic carbocycles. The molecule has 28 heavy (non-hydrogen) atoms. The van der Waals surface area contributed by atoms with E-state index in [2.05, 4.69) is 20.5 Å². The predicted molar refractivity (Wildman–Crippen MR) is 104 cm³/mol. The largest absolute Gasteiger partial charge is 0.349 e. The second kappa shape index (κ2) is 8.98. The number of fused-ring (bicyclic) bond motifs is 1. The molecule has 2 aromatic heterocycles. The molecule has 0 saturated heterocycles. The third-order valence-electron chi connectivity index (χ3n) is 4.35. The molecular formula is C18H21N5O5. The van der Waals surface area contributed by atoms with Crippen LogP contribution in [0.25, 0.3) is 11.0 Å². The summed E-state index contributed by atoms with van der Waals surface area (Å²) in [6, 6.07) is 1.34. The van der Waals surface area contributed by atoms with E-state index < -0.39 is 28.3 Å². The zero-order valence-corrected chi connectivity index (χ0v) is 15.8. The van der Waals surface area contributed by atoms with Crippen molar-refractivity contribution in [2.45, 2.75) is 39.3 Å². The molecule has 2 rings (SSSR count). The van der Waals surface area contributed by atoms with Crippen LogP contribution in [0, 0.1) is 21.9 Å². The molecule has 2 unspecified atom stereocenters. The molecule has 0 saturated carbocycles. The zero-order chi connectivity index (χ0) is 20.8. The number of carbonyl (C=O) groups excluding carboxylic acids is 1. The minimum atomic E-state index is -0.984. The first-order valence-corrected chi connectivity index (χ1v) is 8.70. The summed E-state index contributed by atoms with van der Waals surface area (Å²) in [6.07, 6.45) is 2.89. The molecule has 0 aliphatic carbocycles. The van der Waals surface area contributed by atoms with E-state index in [-0.39, 0.29) is 23.9 Å². The Morgan fingerprint density at radius 3 is 2.79 bits per heavy atom. The van der Waals surface area contributed by atoms with E-state index in [1.165, 1.54) is 12.3 Å². The van der Waals surface area contributed by atoms with Gasteiger partial charge in [0.1, 0.15) is 17.3 Å². The van der Waals surface area contributed by atoms with E-state index in [1.807, 2.05) is 0 Å². The number of nitro groups is 1. The Balaban J connectivity index is 2.16. The van der Waals surface area contributed by atoms with Crippen LogP contribution in [0.2, 0.25) is 0 Å². The number of aromatic nitrogens is 2. The van der Waals surface area contributed by atoms with Crippen molar-refractivity contribution in [3.63, 3.8) is 0 Å². The molecular weight excluding hydrogens is 366 g/mol. The van der Waals surface area contributed by atoms with Crippen molar-refractivity contribution in [2.24, 2.45) is 5.18 Å². The average Bonchev–Trinajstić information content (AvgIpc) is 2.65. The summed E-state index contributed by atoms with van der Waals surface area (Å²) in [4.78, 5) is 53.5. The Hall–Kier alpha value is -3.43. The first kappa shape index (κ1) is 20.9. The highest BCUT2D eigenvalue weighted by molar-refractivity contribution is 5.96. The summed E-state index contributed by atoms with van der Waals surface area (Å²) >= 11 is 0. The fourth-order valence-corrected chi connectivity index (χ4v) is 2.84. The van der Waals surface area contributed by atoms with E-state index in [9.17, 15) is 24.6 Å². The van der Waals surface area contributed by atoms with Crippen LogP contribution < -0.4 is 10.7 Å². The normalized spacial score (nSPS) is 13.8. The van der Waals surface area contributed by atoms with Gasteiger partial charge in [0.2, 0.25) is 11.5 Å². The van der Waals surface area contributed by atoms with Gasteiger partial charge in [-0.15, -0.1) is 0 Å². The summed E-state index contributed by atoms with van der Waals surface area (Å²) in [5.74, 6) is -0.676. The van der Waals surface area contributed by atoms with Crippen LogP contribution in [0.4, 0.5) is 0 Å². The molecule has 0 radical (unpaired) electrons. The van der Waals surface area contributed by atoms with Crippen molar-refractivity contribution in [1.29, 1.82) is 0 Å². The van der Waals surface area contributed by atoms with Crippen molar-refractivity contribution < 1.29 is 9.72 Å². The highest BCUT2D eigenvalue weighted by atomic mass is 16.6. The molecule has 148 valence electrons. The Bertz CT molecular complexity index is 998. The number of amides is 1. The Labute approximate surface area is 160 Å². The van der Waals surface area contributed by atoms with Crippen molar-refractivity contribution in [1.82, 2.24) is 15.3 Å². The van der Waals surface area contributed by atoms with Crippen LogP contribution in [0.15, 0.2) is 40.0 Å². The number of pyridine rings is 2. The first-order valence-electron chi connectivity index (χ1n) is 8.70. The number of rotatable bonds is 8. The lowest BCUT2D eigenvalue weighted by Crippen LogP contribution is -2.34. The summed E-state index contributed by atoms with van der Waals surface area (Å²) in [5, 5.41) is 16.6. The lowest BCUT2D eigenvalue weighted by Gasteiger charge is -2.11. The topological polar surface area (TPSA) is 147 Å². The van der Waals surface area contributed by atoms with Crippen LogP contribution in [0.5, 0.6) is 0 Å². The van der Waals surface area contributed by atoms with Gasteiger partial charge in [-0.25, -0.2) is 4.98 Å². The molecule has 2 aromatic rings. The predicted octanol–water partition coefficient (Wildman–Crippen LogP) is 2.10. The SMILES string of the molecule is CCC(C(C)=CC(CNC(=O)c1c[nH]c2nc(C)ccc2c1=O)N=O)[N+](=O)[O-]. The van der Waals surface area contributed by atoms with Gasteiger partial charge < -0.3 is 10.3 Å². The van der Waals surface area contributed by atoms with Crippen molar-refractivity contribution in [3.8, 4) is 0 Å². The number of nitroso groups, excluding NO2 is 1. The monoisotopic (exact) mass is 387 g/mol. The van der Waals surface area contributed by atoms with E-state index >= 15 is 0 Å². The highest BCUT2D eigenvalue weighted by Crippen LogP contribution is 2.11. The Morgan fingerprint density at radius 2 is 2.18 bits per heavy atom. The molecule has 0 aliphatic heterocycles. The molecule has 1 amide bonds. The average molecular weight is 387 g/mol. The number of hydrogen-bond acceptors (Lipinski definition) is 7. The fourth-order valence-electron chi connectivity index (χ4n) is 2.84. The van der Waals surface area contributed by atoms with E-state index in [0.29, 0.717) is 11.2 Å². The summed E-state index contributed by atoms with van der Waals surface area (Å²) in [5.41, 5.74) is 0.873. The molecule has 0 fully saturated rings. The molecule has 10 nitrogen and oxygen atoms in total. The van der Waals surface area contributed by atoms with Gasteiger partial charge >= 0.3 is 0 Å². The van der Waals surface area contributed by atoms with Gasteiger partial charge in [0.25, 0.3) is 5.91 Å². The van der Waals surface area contributed by atoms with Crippen LogP contribution >= 0.6 is 0 Å². The van der Waals surface area contributed by atoms with Crippen molar-refractivity contribution in [2.75, 3.05) is 6.54 Å². The number of nitrogens with one attached hydrogen (secondary N) is 2. The van der Waals surface area contributed by atoms with Gasteiger partial charge in [-0.05, 0) is 37.6 Å². The van der Waals surface area contributed by atoms with Crippen molar-refractivity contribution >= 4 is 16.9 Å². The number of aromatic amines is 1. The number of carbonyl (C=O) groups is 1. The summed E-state index contributed by atoms with van der Waals surface area (Å²) in [6.45, 7) is 4.80. The third kappa shape index (κ3) is 4.64. The Morgan fingerprint density at radius 1 is 1.46 bits per heavy atom. The van der Waals surface area contributed by atoms with Gasteiger partial charge in [0, 0.05) is 29.8 Å². The highest BCUT2D eigenvalue weighted by Gasteiger charge is 2.22. The quantitative estimate of drug-likeness (QED) is 0.307. The fraction of sp³-hybridized carbons (Fsp3) is 0.389. The maximum Gasteiger partial charge on any atom is 0.256 e. The van der Waals surface area contributed by atoms with E-state index in [4.69, 9.17) is 0 Å². The lowest BCUT2D eigenvalue weighted by atomic mass is 10.0. The molecule has 0 spiro atoms. The number of hydrogen-bond donors (Lipinski definition) is 2. The van der Waals surface area contributed by atoms with E-state index in [1.54, 1.807) is 32.9 Å². The van der Waals surface area contributed by atoms with Gasteiger partial charge in [-0.2, -0.15) is 4.91 Å². The molecule has 2 N–H and O–H groups in total. The van der Waals surface area contributed by atoms with Crippen LogP contribution in [-0.2, 0) is 0 Å². The Kier molecular flexibility index (Phi) is 6.69. The maximum absolute atomic E-state index is 12.5. The lowest BCUT2D eigenvalue weighted by molar-refractivity contribution is -0.512. The molecule has 2 atom stereocenters. The van der Waals surface area contributed by atoms with Gasteiger partial charge in [-0.3, -0.25) is 19.7 Å². The van der Waals surface area contributed by atoms with Crippen molar-refractivity contribution in [3.05, 3.63) is 66.5 Å². The summed E-state index contributed by atoms with van der Waals surface area (Å²) < 4.78 is 0. The van der Waals surface area contributed by atoms with E-state index in [0.717, 1.165) is 5.69 Å². The number of aryl methyl sites for hydroxylation is 1. The smallest absolute Gasteiger partial charge is 0.256 e. The minimum Gasteiger partial charge on any atom is -0.349 e. The number of H-pyrrole nitrogens is 1. The zero-order valence-electron chi connectivity index (χ0n) is 15.8. The van der Waals surface area contributed by atoms with Gasteiger partial charge in [-0.1, -0.05) is 12.1 Å². The van der Waals surface area contributed by atoms with Crippen LogP contribution in [0.3, 0.4) is 0 Å². The van der Waals surface area contributed by atoms with Gasteiger partial charge in [0.05, 0.1) is 5.39 Å². The van der Waals surface area contributed by atoms with Crippen LogP contribution in [-0.4, -0.2) is 39.4 Å². The summed E-state index contributed by atoms with van der Waals surface area (Å²) in [7, 11) is 0. The second-order valence-electron chi connectivity index (χ2n) is 6.38. The third-order valence-corrected chi connectivity index (χ3v) is 4.35. The minimum absolute atomic E-state index is 0.125. The standard InChI is InChI=1S/C18H21N5O5/c1-4-15(23(27)28)10(2)7-12(22-26)8-20-18(25)14-9-19-17-13(16(14)24)6-5-11(3)21-17/h5-7,9,12,15H,4,8H2,1-3H3,(H,20,25)(H,19,21,24). The van der Waals surface area contributed by atoms with Crippen LogP contribution in [0.1, 0.15) is 36.3 Å².